The Kier molecular flexibility index (Phi) is 3.67. The summed E-state index contributed by atoms with van der Waals surface area (Å²) in [4.78, 5) is 0. The van der Waals surface area contributed by atoms with Gasteiger partial charge in [0.15, 0.2) is 0 Å². The van der Waals surface area contributed by atoms with Crippen molar-refractivity contribution in [3.8, 4) is 0 Å². The molecule has 1 aromatic rings. The van der Waals surface area contributed by atoms with Gasteiger partial charge < -0.3 is 10.4 Å². The third-order valence-electron chi connectivity index (χ3n) is 2.25. The lowest BCUT2D eigenvalue weighted by atomic mass is 10.1. The van der Waals surface area contributed by atoms with Crippen molar-refractivity contribution in [1.29, 1.82) is 0 Å². The Hall–Kier alpha value is -0.860. The fourth-order valence-electron chi connectivity index (χ4n) is 1.22. The molecule has 0 bridgehead atoms. The van der Waals surface area contributed by atoms with E-state index in [-0.39, 0.29) is 12.1 Å². The maximum Gasteiger partial charge on any atom is 0.0607 e. The molecule has 2 nitrogen and oxygen atoms in total. The largest absolute Gasteiger partial charge is 0.394 e. The van der Waals surface area contributed by atoms with Gasteiger partial charge in [-0.05, 0) is 26.3 Å². The first kappa shape index (κ1) is 11.2. The van der Waals surface area contributed by atoms with Crippen LogP contribution in [-0.4, -0.2) is 17.3 Å². The predicted molar refractivity (Wildman–Crippen MR) is 59.2 cm³/mol. The molecule has 0 fully saturated rings. The predicted octanol–water partition coefficient (Wildman–Crippen LogP) is 1.86. The van der Waals surface area contributed by atoms with E-state index in [4.69, 9.17) is 5.11 Å². The van der Waals surface area contributed by atoms with Crippen LogP contribution in [0.4, 0.5) is 0 Å². The minimum Gasteiger partial charge on any atom is -0.394 e. The number of rotatable bonds is 4. The molecule has 0 aliphatic carbocycles. The molecular formula is C12H19NO. The molecule has 0 saturated carbocycles. The Bertz CT molecular complexity index is 294. The summed E-state index contributed by atoms with van der Waals surface area (Å²) < 4.78 is 0. The molecule has 0 aromatic heterocycles. The van der Waals surface area contributed by atoms with Crippen LogP contribution in [0.25, 0.3) is 0 Å². The van der Waals surface area contributed by atoms with Gasteiger partial charge in [0, 0.05) is 12.1 Å². The van der Waals surface area contributed by atoms with Crippen LogP contribution in [0.1, 0.15) is 25.0 Å². The number of hydrogen-bond acceptors (Lipinski definition) is 2. The summed E-state index contributed by atoms with van der Waals surface area (Å²) in [5.41, 5.74) is 2.32. The van der Waals surface area contributed by atoms with Gasteiger partial charge >= 0.3 is 0 Å². The summed E-state index contributed by atoms with van der Waals surface area (Å²) in [6.07, 6.45) is 0. The number of aliphatic hydroxyl groups is 1. The maximum absolute atomic E-state index is 9.06. The highest BCUT2D eigenvalue weighted by atomic mass is 16.3. The lowest BCUT2D eigenvalue weighted by Gasteiger charge is -2.23. The first-order valence-electron chi connectivity index (χ1n) is 4.95. The van der Waals surface area contributed by atoms with E-state index in [1.165, 1.54) is 11.1 Å². The van der Waals surface area contributed by atoms with E-state index in [2.05, 4.69) is 36.5 Å². The van der Waals surface area contributed by atoms with E-state index in [1.807, 2.05) is 13.8 Å². The molecule has 0 aliphatic heterocycles. The van der Waals surface area contributed by atoms with E-state index in [9.17, 15) is 0 Å². The quantitative estimate of drug-likeness (QED) is 0.765. The Labute approximate surface area is 86.0 Å². The van der Waals surface area contributed by atoms with Crippen LogP contribution in [0.15, 0.2) is 24.3 Å². The molecule has 2 heteroatoms. The normalized spacial score (nSPS) is 11.7. The molecule has 0 heterocycles. The van der Waals surface area contributed by atoms with E-state index in [0.29, 0.717) is 0 Å². The van der Waals surface area contributed by atoms with Crippen LogP contribution in [0.5, 0.6) is 0 Å². The SMILES string of the molecule is Cc1cccc(CNC(C)(C)CO)c1. The highest BCUT2D eigenvalue weighted by molar-refractivity contribution is 5.22. The molecule has 0 radical (unpaired) electrons. The number of hydrogen-bond donors (Lipinski definition) is 2. The second kappa shape index (κ2) is 4.58. The van der Waals surface area contributed by atoms with Crippen LogP contribution in [0.3, 0.4) is 0 Å². The second-order valence-corrected chi connectivity index (χ2v) is 4.38. The average Bonchev–Trinajstić information content (AvgIpc) is 2.15. The lowest BCUT2D eigenvalue weighted by Crippen LogP contribution is -2.42. The monoisotopic (exact) mass is 193 g/mol. The summed E-state index contributed by atoms with van der Waals surface area (Å²) in [5, 5.41) is 12.4. The summed E-state index contributed by atoms with van der Waals surface area (Å²) in [5.74, 6) is 0. The van der Waals surface area contributed by atoms with Gasteiger partial charge in [-0.15, -0.1) is 0 Å². The van der Waals surface area contributed by atoms with Gasteiger partial charge in [0.25, 0.3) is 0 Å². The van der Waals surface area contributed by atoms with Crippen molar-refractivity contribution in [2.24, 2.45) is 0 Å². The summed E-state index contributed by atoms with van der Waals surface area (Å²) in [6, 6.07) is 8.38. The molecule has 1 rings (SSSR count). The van der Waals surface area contributed by atoms with Crippen molar-refractivity contribution in [3.05, 3.63) is 35.4 Å². The standard InChI is InChI=1S/C12H19NO/c1-10-5-4-6-11(7-10)8-13-12(2,3)9-14/h4-7,13-14H,8-9H2,1-3H3. The average molecular weight is 193 g/mol. The Morgan fingerprint density at radius 3 is 2.64 bits per heavy atom. The van der Waals surface area contributed by atoms with Gasteiger partial charge in [-0.1, -0.05) is 29.8 Å². The molecule has 78 valence electrons. The van der Waals surface area contributed by atoms with Crippen LogP contribution >= 0.6 is 0 Å². The first-order valence-corrected chi connectivity index (χ1v) is 4.95. The van der Waals surface area contributed by atoms with Crippen molar-refractivity contribution in [1.82, 2.24) is 5.32 Å². The highest BCUT2D eigenvalue weighted by Crippen LogP contribution is 2.06. The molecule has 0 amide bonds. The van der Waals surface area contributed by atoms with E-state index in [1.54, 1.807) is 0 Å². The van der Waals surface area contributed by atoms with Gasteiger partial charge in [-0.3, -0.25) is 0 Å². The molecule has 14 heavy (non-hydrogen) atoms. The molecule has 0 spiro atoms. The van der Waals surface area contributed by atoms with Crippen molar-refractivity contribution in [2.45, 2.75) is 32.9 Å². The molecule has 0 saturated heterocycles. The van der Waals surface area contributed by atoms with Gasteiger partial charge in [-0.2, -0.15) is 0 Å². The van der Waals surface area contributed by atoms with Crippen LogP contribution in [0.2, 0.25) is 0 Å². The molecule has 2 N–H and O–H groups in total. The fourth-order valence-corrected chi connectivity index (χ4v) is 1.22. The van der Waals surface area contributed by atoms with Crippen LogP contribution in [0, 0.1) is 6.92 Å². The van der Waals surface area contributed by atoms with Gasteiger partial charge in [0.05, 0.1) is 6.61 Å². The summed E-state index contributed by atoms with van der Waals surface area (Å²) in [7, 11) is 0. The molecule has 0 atom stereocenters. The maximum atomic E-state index is 9.06. The number of benzene rings is 1. The molecule has 1 aromatic carbocycles. The Morgan fingerprint density at radius 1 is 1.36 bits per heavy atom. The number of aryl methyl sites for hydroxylation is 1. The highest BCUT2D eigenvalue weighted by Gasteiger charge is 2.14. The van der Waals surface area contributed by atoms with Gasteiger partial charge in [-0.25, -0.2) is 0 Å². The second-order valence-electron chi connectivity index (χ2n) is 4.38. The van der Waals surface area contributed by atoms with Gasteiger partial charge in [0.2, 0.25) is 0 Å². The smallest absolute Gasteiger partial charge is 0.0607 e. The minimum absolute atomic E-state index is 0.152. The molecule has 0 unspecified atom stereocenters. The van der Waals surface area contributed by atoms with E-state index in [0.717, 1.165) is 6.54 Å². The number of nitrogens with one attached hydrogen (secondary N) is 1. The zero-order valence-corrected chi connectivity index (χ0v) is 9.17. The fraction of sp³-hybridized carbons (Fsp3) is 0.500. The van der Waals surface area contributed by atoms with Crippen LogP contribution < -0.4 is 5.32 Å². The van der Waals surface area contributed by atoms with E-state index < -0.39 is 0 Å². The Balaban J connectivity index is 2.54. The van der Waals surface area contributed by atoms with Crippen molar-refractivity contribution < 1.29 is 5.11 Å². The van der Waals surface area contributed by atoms with Crippen LogP contribution in [-0.2, 0) is 6.54 Å². The summed E-state index contributed by atoms with van der Waals surface area (Å²) in [6.45, 7) is 7.01. The number of aliphatic hydroxyl groups excluding tert-OH is 1. The topological polar surface area (TPSA) is 32.3 Å². The molecular weight excluding hydrogens is 174 g/mol. The Morgan fingerprint density at radius 2 is 2.07 bits per heavy atom. The summed E-state index contributed by atoms with van der Waals surface area (Å²) >= 11 is 0. The van der Waals surface area contributed by atoms with Crippen molar-refractivity contribution in [2.75, 3.05) is 6.61 Å². The van der Waals surface area contributed by atoms with Crippen molar-refractivity contribution in [3.63, 3.8) is 0 Å². The minimum atomic E-state index is -0.205. The first-order chi connectivity index (χ1) is 6.53. The zero-order chi connectivity index (χ0) is 10.6. The van der Waals surface area contributed by atoms with Gasteiger partial charge in [0.1, 0.15) is 0 Å². The zero-order valence-electron chi connectivity index (χ0n) is 9.17. The third kappa shape index (κ3) is 3.48. The van der Waals surface area contributed by atoms with E-state index >= 15 is 0 Å². The lowest BCUT2D eigenvalue weighted by molar-refractivity contribution is 0.187. The molecule has 0 aliphatic rings. The third-order valence-corrected chi connectivity index (χ3v) is 2.25. The van der Waals surface area contributed by atoms with Crippen molar-refractivity contribution >= 4 is 0 Å².